The van der Waals surface area contributed by atoms with Gasteiger partial charge in [0.1, 0.15) is 5.82 Å². The van der Waals surface area contributed by atoms with Crippen molar-refractivity contribution in [2.24, 2.45) is 5.84 Å². The summed E-state index contributed by atoms with van der Waals surface area (Å²) in [4.78, 5) is 1.00. The lowest BCUT2D eigenvalue weighted by Gasteiger charge is -2.15. The molecule has 0 saturated carbocycles. The second-order valence-electron chi connectivity index (χ2n) is 4.45. The minimum absolute atomic E-state index is 0.204. The summed E-state index contributed by atoms with van der Waals surface area (Å²) in [5.41, 5.74) is 3.69. The van der Waals surface area contributed by atoms with Crippen LogP contribution in [0.3, 0.4) is 0 Å². The molecule has 0 fully saturated rings. The smallest absolute Gasteiger partial charge is 0.124 e. The van der Waals surface area contributed by atoms with Gasteiger partial charge in [-0.3, -0.25) is 5.84 Å². The van der Waals surface area contributed by atoms with Crippen molar-refractivity contribution in [3.05, 3.63) is 69.8 Å². The molecule has 1 unspecified atom stereocenters. The molecular formula is C15H12ClFN2S. The standard InChI is InChI=1S/C15H12ClFN2S/c16-12-4-2-1-3-11(12)15(19-18)14-7-9-5-6-10(17)8-13(9)20-14/h1-8,15,19H,18H2. The molecule has 0 aliphatic carbocycles. The molecule has 2 nitrogen and oxygen atoms in total. The summed E-state index contributed by atoms with van der Waals surface area (Å²) in [6, 6.07) is 14.1. The normalized spacial score (nSPS) is 12.8. The molecule has 3 aromatic rings. The summed E-state index contributed by atoms with van der Waals surface area (Å²) in [5.74, 6) is 5.45. The van der Waals surface area contributed by atoms with Gasteiger partial charge in [-0.1, -0.05) is 35.9 Å². The minimum Gasteiger partial charge on any atom is -0.271 e. The van der Waals surface area contributed by atoms with Crippen LogP contribution in [0, 0.1) is 5.82 Å². The highest BCUT2D eigenvalue weighted by molar-refractivity contribution is 7.19. The number of rotatable bonds is 3. The van der Waals surface area contributed by atoms with Gasteiger partial charge in [-0.2, -0.15) is 0 Å². The maximum atomic E-state index is 13.3. The molecule has 20 heavy (non-hydrogen) atoms. The maximum absolute atomic E-state index is 13.3. The second kappa shape index (κ2) is 5.50. The average molecular weight is 307 g/mol. The van der Waals surface area contributed by atoms with E-state index >= 15 is 0 Å². The van der Waals surface area contributed by atoms with Crippen LogP contribution in [0.5, 0.6) is 0 Å². The molecule has 0 radical (unpaired) electrons. The second-order valence-corrected chi connectivity index (χ2v) is 5.97. The largest absolute Gasteiger partial charge is 0.271 e. The van der Waals surface area contributed by atoms with Crippen molar-refractivity contribution in [2.45, 2.75) is 6.04 Å². The van der Waals surface area contributed by atoms with Gasteiger partial charge in [0.05, 0.1) is 6.04 Å². The van der Waals surface area contributed by atoms with Gasteiger partial charge < -0.3 is 0 Å². The zero-order valence-electron chi connectivity index (χ0n) is 10.4. The summed E-state index contributed by atoms with van der Waals surface area (Å²) >= 11 is 7.73. The first-order chi connectivity index (χ1) is 9.69. The quantitative estimate of drug-likeness (QED) is 0.561. The Hall–Kier alpha value is -1.46. The average Bonchev–Trinajstić information content (AvgIpc) is 2.84. The molecular weight excluding hydrogens is 295 g/mol. The van der Waals surface area contributed by atoms with E-state index in [9.17, 15) is 4.39 Å². The fourth-order valence-electron chi connectivity index (χ4n) is 2.20. The van der Waals surface area contributed by atoms with E-state index in [1.165, 1.54) is 23.5 Å². The monoisotopic (exact) mass is 306 g/mol. The van der Waals surface area contributed by atoms with Crippen LogP contribution in [-0.2, 0) is 0 Å². The predicted octanol–water partition coefficient (Wildman–Crippen LogP) is 4.25. The summed E-state index contributed by atoms with van der Waals surface area (Å²) in [6.07, 6.45) is 0. The van der Waals surface area contributed by atoms with Crippen molar-refractivity contribution >= 4 is 33.0 Å². The first kappa shape index (κ1) is 13.5. The van der Waals surface area contributed by atoms with Gasteiger partial charge in [0.15, 0.2) is 0 Å². The van der Waals surface area contributed by atoms with Crippen molar-refractivity contribution in [3.8, 4) is 0 Å². The van der Waals surface area contributed by atoms with E-state index in [-0.39, 0.29) is 11.9 Å². The maximum Gasteiger partial charge on any atom is 0.124 e. The van der Waals surface area contributed by atoms with Crippen LogP contribution < -0.4 is 11.3 Å². The Bertz CT molecular complexity index is 756. The van der Waals surface area contributed by atoms with E-state index in [0.717, 1.165) is 20.5 Å². The number of nitrogens with one attached hydrogen (secondary N) is 1. The topological polar surface area (TPSA) is 38.0 Å². The van der Waals surface area contributed by atoms with Crippen LogP contribution in [0.1, 0.15) is 16.5 Å². The van der Waals surface area contributed by atoms with Gasteiger partial charge in [-0.15, -0.1) is 11.3 Å². The lowest BCUT2D eigenvalue weighted by Crippen LogP contribution is -2.28. The van der Waals surface area contributed by atoms with Crippen LogP contribution in [0.25, 0.3) is 10.1 Å². The molecule has 2 aromatic carbocycles. The molecule has 0 saturated heterocycles. The van der Waals surface area contributed by atoms with Crippen LogP contribution in [0.4, 0.5) is 4.39 Å². The number of fused-ring (bicyclic) bond motifs is 1. The molecule has 0 aliphatic heterocycles. The lowest BCUT2D eigenvalue weighted by atomic mass is 10.1. The number of hydrogen-bond donors (Lipinski definition) is 2. The van der Waals surface area contributed by atoms with E-state index in [0.29, 0.717) is 5.02 Å². The van der Waals surface area contributed by atoms with Crippen molar-refractivity contribution in [1.82, 2.24) is 5.43 Å². The zero-order valence-corrected chi connectivity index (χ0v) is 12.0. The highest BCUT2D eigenvalue weighted by atomic mass is 35.5. The molecule has 1 atom stereocenters. The number of halogens is 2. The van der Waals surface area contributed by atoms with Gasteiger partial charge in [0.25, 0.3) is 0 Å². The van der Waals surface area contributed by atoms with Gasteiger partial charge in [-0.25, -0.2) is 9.82 Å². The predicted molar refractivity (Wildman–Crippen MR) is 82.4 cm³/mol. The Morgan fingerprint density at radius 2 is 1.95 bits per heavy atom. The molecule has 1 aromatic heterocycles. The molecule has 3 N–H and O–H groups in total. The zero-order chi connectivity index (χ0) is 14.1. The molecule has 0 amide bonds. The van der Waals surface area contributed by atoms with Gasteiger partial charge in [0, 0.05) is 14.6 Å². The summed E-state index contributed by atoms with van der Waals surface area (Å²) in [6.45, 7) is 0. The summed E-state index contributed by atoms with van der Waals surface area (Å²) < 4.78 is 14.2. The number of nitrogens with two attached hydrogens (primary N) is 1. The van der Waals surface area contributed by atoms with Crippen LogP contribution in [-0.4, -0.2) is 0 Å². The summed E-state index contributed by atoms with van der Waals surface area (Å²) in [7, 11) is 0. The first-order valence-corrected chi connectivity index (χ1v) is 7.28. The molecule has 0 aliphatic rings. The molecule has 0 bridgehead atoms. The fraction of sp³-hybridized carbons (Fsp3) is 0.0667. The third-order valence-corrected chi connectivity index (χ3v) is 4.68. The molecule has 0 spiro atoms. The van der Waals surface area contributed by atoms with E-state index in [1.54, 1.807) is 6.07 Å². The van der Waals surface area contributed by atoms with Crippen LogP contribution in [0.15, 0.2) is 48.5 Å². The highest BCUT2D eigenvalue weighted by Crippen LogP contribution is 2.35. The van der Waals surface area contributed by atoms with Crippen molar-refractivity contribution in [3.63, 3.8) is 0 Å². The third kappa shape index (κ3) is 2.43. The molecule has 5 heteroatoms. The van der Waals surface area contributed by atoms with E-state index in [1.807, 2.05) is 30.3 Å². The number of thiophene rings is 1. The lowest BCUT2D eigenvalue weighted by molar-refractivity contribution is 0.630. The highest BCUT2D eigenvalue weighted by Gasteiger charge is 2.17. The first-order valence-electron chi connectivity index (χ1n) is 6.08. The number of hydrazine groups is 1. The van der Waals surface area contributed by atoms with E-state index < -0.39 is 0 Å². The van der Waals surface area contributed by atoms with Crippen LogP contribution >= 0.6 is 22.9 Å². The van der Waals surface area contributed by atoms with Crippen molar-refractivity contribution in [2.75, 3.05) is 0 Å². The van der Waals surface area contributed by atoms with Gasteiger partial charge >= 0.3 is 0 Å². The van der Waals surface area contributed by atoms with Gasteiger partial charge in [0.2, 0.25) is 0 Å². The van der Waals surface area contributed by atoms with Crippen molar-refractivity contribution in [1.29, 1.82) is 0 Å². The number of hydrogen-bond acceptors (Lipinski definition) is 3. The Morgan fingerprint density at radius 3 is 2.70 bits per heavy atom. The SMILES string of the molecule is NNC(c1cc2ccc(F)cc2s1)c1ccccc1Cl. The Kier molecular flexibility index (Phi) is 3.72. The fourth-order valence-corrected chi connectivity index (χ4v) is 3.62. The van der Waals surface area contributed by atoms with E-state index in [2.05, 4.69) is 5.43 Å². The Morgan fingerprint density at radius 1 is 1.15 bits per heavy atom. The van der Waals surface area contributed by atoms with Crippen LogP contribution in [0.2, 0.25) is 5.02 Å². The number of benzene rings is 2. The Labute approximate surface area is 125 Å². The molecule has 1 heterocycles. The summed E-state index contributed by atoms with van der Waals surface area (Å²) in [5, 5.41) is 1.65. The van der Waals surface area contributed by atoms with E-state index in [4.69, 9.17) is 17.4 Å². The third-order valence-electron chi connectivity index (χ3n) is 3.17. The van der Waals surface area contributed by atoms with Crippen molar-refractivity contribution < 1.29 is 4.39 Å². The molecule has 3 rings (SSSR count). The minimum atomic E-state index is -0.235. The Balaban J connectivity index is 2.10. The molecule has 102 valence electrons. The van der Waals surface area contributed by atoms with Gasteiger partial charge in [-0.05, 0) is 35.2 Å².